The van der Waals surface area contributed by atoms with Crippen molar-refractivity contribution in [2.75, 3.05) is 18.5 Å². The van der Waals surface area contributed by atoms with Crippen LogP contribution in [0, 0.1) is 11.7 Å². The monoisotopic (exact) mass is 445 g/mol. The van der Waals surface area contributed by atoms with Crippen LogP contribution in [-0.2, 0) is 31.9 Å². The number of ether oxygens (including phenoxy) is 2. The normalized spacial score (nSPS) is 15.4. The van der Waals surface area contributed by atoms with Gasteiger partial charge < -0.3 is 14.8 Å². The summed E-state index contributed by atoms with van der Waals surface area (Å²) in [7, 11) is 0. The van der Waals surface area contributed by atoms with Crippen LogP contribution in [0.15, 0.2) is 30.3 Å². The van der Waals surface area contributed by atoms with Gasteiger partial charge in [-0.3, -0.25) is 4.79 Å². The molecule has 1 aromatic heterocycles. The number of carbonyl (C=O) groups is 3. The molecular weight excluding hydrogens is 421 g/mol. The molecule has 1 atom stereocenters. The molecule has 0 spiro atoms. The number of amides is 1. The molecule has 0 radical (unpaired) electrons. The molecule has 0 saturated carbocycles. The molecular formula is C23H24FNO5S. The van der Waals surface area contributed by atoms with Gasteiger partial charge in [0.2, 0.25) is 0 Å². The molecule has 1 heterocycles. The predicted molar refractivity (Wildman–Crippen MR) is 116 cm³/mol. The highest BCUT2D eigenvalue weighted by atomic mass is 32.1. The molecule has 2 aromatic rings. The van der Waals surface area contributed by atoms with Gasteiger partial charge in [-0.15, -0.1) is 11.3 Å². The minimum atomic E-state index is -0.704. The summed E-state index contributed by atoms with van der Waals surface area (Å²) in [5.74, 6) is -1.56. The van der Waals surface area contributed by atoms with Gasteiger partial charge in [0.1, 0.15) is 10.8 Å². The third kappa shape index (κ3) is 6.01. The van der Waals surface area contributed by atoms with E-state index in [0.717, 1.165) is 35.8 Å². The molecule has 0 fully saturated rings. The van der Waals surface area contributed by atoms with Gasteiger partial charge in [0.15, 0.2) is 6.61 Å². The van der Waals surface area contributed by atoms with E-state index >= 15 is 0 Å². The second-order valence-corrected chi connectivity index (χ2v) is 8.42. The van der Waals surface area contributed by atoms with Crippen LogP contribution in [0.3, 0.4) is 0 Å². The third-order valence-electron chi connectivity index (χ3n) is 4.87. The van der Waals surface area contributed by atoms with Crippen LogP contribution in [0.1, 0.15) is 46.6 Å². The Kier molecular flexibility index (Phi) is 7.57. The maximum absolute atomic E-state index is 12.9. The molecule has 6 nitrogen and oxygen atoms in total. The van der Waals surface area contributed by atoms with Crippen LogP contribution in [0.25, 0.3) is 6.08 Å². The fourth-order valence-electron chi connectivity index (χ4n) is 3.34. The van der Waals surface area contributed by atoms with E-state index in [2.05, 4.69) is 12.2 Å². The summed E-state index contributed by atoms with van der Waals surface area (Å²) in [5.41, 5.74) is 1.97. The molecule has 3 rings (SSSR count). The van der Waals surface area contributed by atoms with Crippen molar-refractivity contribution in [1.82, 2.24) is 0 Å². The molecule has 0 saturated heterocycles. The van der Waals surface area contributed by atoms with E-state index in [1.807, 2.05) is 0 Å². The Morgan fingerprint density at radius 1 is 1.23 bits per heavy atom. The van der Waals surface area contributed by atoms with Crippen molar-refractivity contribution >= 4 is 40.3 Å². The quantitative estimate of drug-likeness (QED) is 0.505. The summed E-state index contributed by atoms with van der Waals surface area (Å²) >= 11 is 1.37. The fraction of sp³-hybridized carbons (Fsp3) is 0.348. The first-order valence-electron chi connectivity index (χ1n) is 10.1. The number of esters is 2. The van der Waals surface area contributed by atoms with Crippen LogP contribution >= 0.6 is 11.3 Å². The number of hydrogen-bond donors (Lipinski definition) is 1. The zero-order valence-corrected chi connectivity index (χ0v) is 18.2. The van der Waals surface area contributed by atoms with Gasteiger partial charge in [0.25, 0.3) is 5.91 Å². The number of thiophene rings is 1. The first-order valence-corrected chi connectivity index (χ1v) is 10.9. The highest BCUT2D eigenvalue weighted by Crippen LogP contribution is 2.40. The number of nitrogens with one attached hydrogen (secondary N) is 1. The van der Waals surface area contributed by atoms with E-state index in [4.69, 9.17) is 9.47 Å². The second kappa shape index (κ2) is 10.3. The average Bonchev–Trinajstić information content (AvgIpc) is 3.08. The Hall–Kier alpha value is -3.00. The summed E-state index contributed by atoms with van der Waals surface area (Å²) in [6.07, 6.45) is 5.22. The summed E-state index contributed by atoms with van der Waals surface area (Å²) < 4.78 is 23.0. The number of carbonyl (C=O) groups excluding carboxylic acids is 3. The minimum Gasteiger partial charge on any atom is -0.462 e. The zero-order valence-electron chi connectivity index (χ0n) is 17.4. The van der Waals surface area contributed by atoms with Crippen LogP contribution in [0.2, 0.25) is 0 Å². The van der Waals surface area contributed by atoms with Crippen LogP contribution in [0.5, 0.6) is 0 Å². The minimum absolute atomic E-state index is 0.241. The lowest BCUT2D eigenvalue weighted by Crippen LogP contribution is -2.21. The lowest BCUT2D eigenvalue weighted by Gasteiger charge is -2.18. The van der Waals surface area contributed by atoms with Gasteiger partial charge >= 0.3 is 11.9 Å². The number of halogens is 1. The Morgan fingerprint density at radius 3 is 2.68 bits per heavy atom. The highest BCUT2D eigenvalue weighted by Gasteiger charge is 2.29. The molecule has 0 bridgehead atoms. The lowest BCUT2D eigenvalue weighted by molar-refractivity contribution is -0.142. The lowest BCUT2D eigenvalue weighted by atomic mass is 9.88. The first-order chi connectivity index (χ1) is 14.9. The largest absolute Gasteiger partial charge is 0.462 e. The number of anilines is 1. The molecule has 31 heavy (non-hydrogen) atoms. The van der Waals surface area contributed by atoms with Crippen molar-refractivity contribution in [2.24, 2.45) is 5.92 Å². The molecule has 1 N–H and O–H groups in total. The van der Waals surface area contributed by atoms with E-state index in [1.165, 1.54) is 41.7 Å². The standard InChI is InChI=1S/C23H24FNO5S/c1-3-29-23(28)21-17-10-4-14(2)12-18(17)31-22(21)25-19(26)13-30-20(27)11-7-15-5-8-16(24)9-6-15/h5-9,11,14H,3-4,10,12-13H2,1-2H3,(H,25,26)/b11-7+. The second-order valence-electron chi connectivity index (χ2n) is 7.32. The first kappa shape index (κ1) is 22.7. The van der Waals surface area contributed by atoms with Gasteiger partial charge in [-0.2, -0.15) is 0 Å². The van der Waals surface area contributed by atoms with Crippen LogP contribution in [0.4, 0.5) is 9.39 Å². The van der Waals surface area contributed by atoms with Crippen molar-refractivity contribution in [3.05, 3.63) is 57.7 Å². The maximum Gasteiger partial charge on any atom is 0.341 e. The Labute approximate surface area is 184 Å². The topological polar surface area (TPSA) is 81.7 Å². The number of fused-ring (bicyclic) bond motifs is 1. The number of hydrogen-bond acceptors (Lipinski definition) is 6. The van der Waals surface area contributed by atoms with Crippen LogP contribution < -0.4 is 5.32 Å². The highest BCUT2D eigenvalue weighted by molar-refractivity contribution is 7.17. The molecule has 164 valence electrons. The van der Waals surface area contributed by atoms with Crippen molar-refractivity contribution in [1.29, 1.82) is 0 Å². The van der Waals surface area contributed by atoms with Crippen molar-refractivity contribution in [3.8, 4) is 0 Å². The molecule has 1 unspecified atom stereocenters. The summed E-state index contributed by atoms with van der Waals surface area (Å²) in [6, 6.07) is 5.59. The van der Waals surface area contributed by atoms with E-state index in [-0.39, 0.29) is 12.4 Å². The SMILES string of the molecule is CCOC(=O)c1c(NC(=O)COC(=O)/C=C/c2ccc(F)cc2)sc2c1CCC(C)C2. The average molecular weight is 446 g/mol. The van der Waals surface area contributed by atoms with Gasteiger partial charge in [-0.1, -0.05) is 19.1 Å². The number of benzene rings is 1. The molecule has 1 aromatic carbocycles. The smallest absolute Gasteiger partial charge is 0.341 e. The summed E-state index contributed by atoms with van der Waals surface area (Å²) in [6.45, 7) is 3.64. The molecule has 1 aliphatic rings. The van der Waals surface area contributed by atoms with Crippen molar-refractivity contribution in [3.63, 3.8) is 0 Å². The fourth-order valence-corrected chi connectivity index (χ4v) is 4.76. The van der Waals surface area contributed by atoms with Gasteiger partial charge in [-0.25, -0.2) is 14.0 Å². The van der Waals surface area contributed by atoms with Gasteiger partial charge in [0, 0.05) is 11.0 Å². The Morgan fingerprint density at radius 2 is 1.97 bits per heavy atom. The zero-order chi connectivity index (χ0) is 22.4. The summed E-state index contributed by atoms with van der Waals surface area (Å²) in [5, 5.41) is 3.12. The third-order valence-corrected chi connectivity index (χ3v) is 6.04. The predicted octanol–water partition coefficient (Wildman–Crippen LogP) is 4.38. The molecule has 1 aliphatic carbocycles. The molecule has 0 aliphatic heterocycles. The van der Waals surface area contributed by atoms with E-state index in [1.54, 1.807) is 6.92 Å². The number of rotatable bonds is 7. The maximum atomic E-state index is 12.9. The van der Waals surface area contributed by atoms with E-state index in [0.29, 0.717) is 22.0 Å². The molecule has 8 heteroatoms. The van der Waals surface area contributed by atoms with E-state index < -0.39 is 24.5 Å². The van der Waals surface area contributed by atoms with Gasteiger partial charge in [0.05, 0.1) is 12.2 Å². The van der Waals surface area contributed by atoms with E-state index in [9.17, 15) is 18.8 Å². The van der Waals surface area contributed by atoms with Crippen LogP contribution in [-0.4, -0.2) is 31.1 Å². The Balaban J connectivity index is 1.62. The van der Waals surface area contributed by atoms with Crippen molar-refractivity contribution in [2.45, 2.75) is 33.1 Å². The Bertz CT molecular complexity index is 996. The molecule has 1 amide bonds. The van der Waals surface area contributed by atoms with Gasteiger partial charge in [-0.05, 0) is 61.4 Å². The van der Waals surface area contributed by atoms with Crippen molar-refractivity contribution < 1.29 is 28.2 Å². The summed E-state index contributed by atoms with van der Waals surface area (Å²) in [4.78, 5) is 37.8.